The van der Waals surface area contributed by atoms with Gasteiger partial charge >= 0.3 is 17.9 Å². The highest BCUT2D eigenvalue weighted by Gasteiger charge is 2.44. The highest BCUT2D eigenvalue weighted by Crippen LogP contribution is 2.32. The van der Waals surface area contributed by atoms with Crippen LogP contribution < -0.4 is 0 Å². The Balaban J connectivity index is 2.97. The van der Waals surface area contributed by atoms with Gasteiger partial charge in [0.2, 0.25) is 0 Å². The van der Waals surface area contributed by atoms with E-state index in [2.05, 4.69) is 0 Å². The van der Waals surface area contributed by atoms with Crippen molar-refractivity contribution in [1.82, 2.24) is 4.90 Å². The third-order valence-corrected chi connectivity index (χ3v) is 4.36. The topological polar surface area (TPSA) is 115 Å². The molecule has 0 aromatic carbocycles. The number of carbonyl (C=O) groups excluding carboxylic acids is 3. The van der Waals surface area contributed by atoms with Crippen LogP contribution in [0, 0.1) is 5.41 Å². The average Bonchev–Trinajstić information content (AvgIpc) is 2.46. The zero-order valence-electron chi connectivity index (χ0n) is 14.9. The lowest BCUT2D eigenvalue weighted by Gasteiger charge is -2.40. The summed E-state index contributed by atoms with van der Waals surface area (Å²) in [5.74, 6) is -1.60. The van der Waals surface area contributed by atoms with Crippen LogP contribution in [0.25, 0.3) is 0 Å². The molecule has 10 heteroatoms. The van der Waals surface area contributed by atoms with E-state index in [0.29, 0.717) is 0 Å². The molecule has 0 aromatic heterocycles. The largest absolute Gasteiger partial charge is 0.463 e. The maximum atomic E-state index is 11.4. The number of hydrogen-bond acceptors (Lipinski definition) is 9. The molecule has 0 spiro atoms. The first-order valence-electron chi connectivity index (χ1n) is 7.66. The van der Waals surface area contributed by atoms with Crippen molar-refractivity contribution in [3.63, 3.8) is 0 Å². The minimum absolute atomic E-state index is 0.155. The van der Waals surface area contributed by atoms with E-state index in [-0.39, 0.29) is 18.2 Å². The third-order valence-electron chi connectivity index (χ3n) is 3.20. The fraction of sp³-hybridized carbons (Fsp3) is 0.733. The first kappa shape index (κ1) is 21.2. The second-order valence-electron chi connectivity index (χ2n) is 5.68. The second kappa shape index (κ2) is 9.62. The minimum Gasteiger partial charge on any atom is -0.463 e. The van der Waals surface area contributed by atoms with Gasteiger partial charge in [0.05, 0.1) is 0 Å². The van der Waals surface area contributed by atoms with Gasteiger partial charge in [-0.05, 0) is 0 Å². The minimum atomic E-state index is -0.897. The summed E-state index contributed by atoms with van der Waals surface area (Å²) in [6.45, 7) is 3.58. The Morgan fingerprint density at radius 3 is 2.20 bits per heavy atom. The monoisotopic (exact) mass is 376 g/mol. The summed E-state index contributed by atoms with van der Waals surface area (Å²) in [5.41, 5.74) is -0.522. The normalized spacial score (nSPS) is 25.6. The molecule has 1 fully saturated rings. The number of esters is 3. The molecule has 1 N–H and O–H groups in total. The van der Waals surface area contributed by atoms with Crippen molar-refractivity contribution in [1.29, 1.82) is 5.41 Å². The summed E-state index contributed by atoms with van der Waals surface area (Å²) < 4.78 is 21.3. The standard InChI is InChI=1S/C15H24N2O7S/c1-8(18)21-7-12-14(23-10(3)20)11(22-9(2)19)6-13(24-12)25-15(16)17(4)5/h11-14,16H,6-7H2,1-5H3/t11-,12-,13-,14+/m1/s1. The van der Waals surface area contributed by atoms with Crippen molar-refractivity contribution in [3.8, 4) is 0 Å². The Morgan fingerprint density at radius 2 is 1.72 bits per heavy atom. The van der Waals surface area contributed by atoms with Crippen molar-refractivity contribution < 1.29 is 33.3 Å². The molecule has 0 saturated carbocycles. The summed E-state index contributed by atoms with van der Waals surface area (Å²) in [5, 5.41) is 8.17. The lowest BCUT2D eigenvalue weighted by atomic mass is 10.0. The van der Waals surface area contributed by atoms with Crippen molar-refractivity contribution in [2.75, 3.05) is 20.7 Å². The van der Waals surface area contributed by atoms with Crippen LogP contribution in [0.2, 0.25) is 0 Å². The van der Waals surface area contributed by atoms with E-state index in [9.17, 15) is 14.4 Å². The van der Waals surface area contributed by atoms with Crippen molar-refractivity contribution in [3.05, 3.63) is 0 Å². The molecule has 25 heavy (non-hydrogen) atoms. The maximum absolute atomic E-state index is 11.4. The fourth-order valence-electron chi connectivity index (χ4n) is 2.20. The van der Waals surface area contributed by atoms with Crippen LogP contribution >= 0.6 is 11.8 Å². The average molecular weight is 376 g/mol. The lowest BCUT2D eigenvalue weighted by Crippen LogP contribution is -2.53. The second-order valence-corrected chi connectivity index (χ2v) is 6.83. The molecular weight excluding hydrogens is 352 g/mol. The van der Waals surface area contributed by atoms with Crippen LogP contribution in [0.5, 0.6) is 0 Å². The molecule has 0 amide bonds. The van der Waals surface area contributed by atoms with E-state index in [1.807, 2.05) is 0 Å². The van der Waals surface area contributed by atoms with Crippen LogP contribution in [0.3, 0.4) is 0 Å². The number of rotatable bonds is 5. The first-order chi connectivity index (χ1) is 11.6. The molecule has 0 aliphatic carbocycles. The Labute approximate surface area is 150 Å². The molecule has 9 nitrogen and oxygen atoms in total. The van der Waals surface area contributed by atoms with Gasteiger partial charge in [0.15, 0.2) is 11.3 Å². The summed E-state index contributed by atoms with van der Waals surface area (Å²) in [6.07, 6.45) is -2.23. The molecule has 1 aliphatic heterocycles. The van der Waals surface area contributed by atoms with Crippen molar-refractivity contribution in [2.45, 2.75) is 50.9 Å². The highest BCUT2D eigenvalue weighted by molar-refractivity contribution is 8.14. The number of amidine groups is 1. The van der Waals surface area contributed by atoms with Crippen LogP contribution in [-0.2, 0) is 33.3 Å². The summed E-state index contributed by atoms with van der Waals surface area (Å²) in [7, 11) is 3.44. The van der Waals surface area contributed by atoms with Gasteiger partial charge in [-0.15, -0.1) is 0 Å². The zero-order chi connectivity index (χ0) is 19.1. The Morgan fingerprint density at radius 1 is 1.12 bits per heavy atom. The SMILES string of the molecule is CC(=O)OC[C@H]1O[C@H](SC(=N)N(C)C)C[C@@H](OC(C)=O)[C@@H]1OC(C)=O. The molecular formula is C15H24N2O7S. The quantitative estimate of drug-likeness (QED) is 0.321. The van der Waals surface area contributed by atoms with Gasteiger partial charge in [-0.2, -0.15) is 0 Å². The fourth-order valence-corrected chi connectivity index (χ4v) is 3.15. The van der Waals surface area contributed by atoms with E-state index in [4.69, 9.17) is 24.4 Å². The molecule has 1 saturated heterocycles. The van der Waals surface area contributed by atoms with E-state index in [0.717, 1.165) is 11.8 Å². The number of hydrogen-bond donors (Lipinski definition) is 1. The number of nitrogens with one attached hydrogen (secondary N) is 1. The van der Waals surface area contributed by atoms with E-state index in [1.54, 1.807) is 19.0 Å². The summed E-state index contributed by atoms with van der Waals surface area (Å²) in [4.78, 5) is 35.5. The van der Waals surface area contributed by atoms with Gasteiger partial charge in [0.25, 0.3) is 0 Å². The predicted molar refractivity (Wildman–Crippen MR) is 90.0 cm³/mol. The molecule has 1 aliphatic rings. The van der Waals surface area contributed by atoms with Gasteiger partial charge in [-0.1, -0.05) is 11.8 Å². The number of nitrogens with zero attached hydrogens (tertiary/aromatic N) is 1. The molecule has 142 valence electrons. The molecule has 0 aromatic rings. The molecule has 1 heterocycles. The van der Waals surface area contributed by atoms with Gasteiger partial charge in [-0.3, -0.25) is 19.8 Å². The van der Waals surface area contributed by atoms with Crippen LogP contribution in [0.15, 0.2) is 0 Å². The summed E-state index contributed by atoms with van der Waals surface area (Å²) >= 11 is 1.13. The highest BCUT2D eigenvalue weighted by atomic mass is 32.2. The van der Waals surface area contributed by atoms with Crippen molar-refractivity contribution in [2.24, 2.45) is 0 Å². The maximum Gasteiger partial charge on any atom is 0.303 e. The molecule has 4 atom stereocenters. The smallest absolute Gasteiger partial charge is 0.303 e. The molecule has 0 unspecified atom stereocenters. The molecule has 1 rings (SSSR count). The predicted octanol–water partition coefficient (Wildman–Crippen LogP) is 0.757. The Bertz CT molecular complexity index is 526. The van der Waals surface area contributed by atoms with Gasteiger partial charge in [-0.25, -0.2) is 0 Å². The number of ether oxygens (including phenoxy) is 4. The Kier molecular flexibility index (Phi) is 8.17. The van der Waals surface area contributed by atoms with Gasteiger partial charge in [0, 0.05) is 41.3 Å². The van der Waals surface area contributed by atoms with Crippen LogP contribution in [0.1, 0.15) is 27.2 Å². The van der Waals surface area contributed by atoms with Crippen LogP contribution in [-0.4, -0.2) is 72.4 Å². The first-order valence-corrected chi connectivity index (χ1v) is 8.54. The van der Waals surface area contributed by atoms with E-state index >= 15 is 0 Å². The molecule has 0 bridgehead atoms. The van der Waals surface area contributed by atoms with Gasteiger partial charge in [0.1, 0.15) is 24.3 Å². The zero-order valence-corrected chi connectivity index (χ0v) is 15.8. The van der Waals surface area contributed by atoms with Crippen molar-refractivity contribution >= 4 is 34.8 Å². The molecule has 0 radical (unpaired) electrons. The lowest BCUT2D eigenvalue weighted by molar-refractivity contribution is -0.204. The number of thioether (sulfide) groups is 1. The van der Waals surface area contributed by atoms with Gasteiger partial charge < -0.3 is 23.8 Å². The summed E-state index contributed by atoms with van der Waals surface area (Å²) in [6, 6.07) is 0. The third kappa shape index (κ3) is 7.30. The Hall–Kier alpha value is -1.81. The van der Waals surface area contributed by atoms with Crippen LogP contribution in [0.4, 0.5) is 0 Å². The number of carbonyl (C=O) groups is 3. The van der Waals surface area contributed by atoms with E-state index < -0.39 is 41.7 Å². The van der Waals surface area contributed by atoms with E-state index in [1.165, 1.54) is 20.8 Å².